The topological polar surface area (TPSA) is 0 Å². The van der Waals surface area contributed by atoms with Crippen molar-refractivity contribution in [1.82, 2.24) is 0 Å². The van der Waals surface area contributed by atoms with Crippen molar-refractivity contribution in [2.75, 3.05) is 0 Å². The summed E-state index contributed by atoms with van der Waals surface area (Å²) in [7, 11) is 0. The lowest BCUT2D eigenvalue weighted by Gasteiger charge is -1.96. The molecule has 0 atom stereocenters. The summed E-state index contributed by atoms with van der Waals surface area (Å²) in [6.45, 7) is 15.6. The first-order chi connectivity index (χ1) is 6.60. The molecule has 0 saturated heterocycles. The molecule has 0 saturated carbocycles. The Labute approximate surface area is 89.7 Å². The van der Waals surface area contributed by atoms with Crippen molar-refractivity contribution in [3.05, 3.63) is 47.5 Å². The molecular weight excluding hydrogens is 168 g/mol. The van der Waals surface area contributed by atoms with Crippen LogP contribution in [-0.4, -0.2) is 0 Å². The molecule has 0 aliphatic carbocycles. The average molecular weight is 192 g/mol. The predicted octanol–water partition coefficient (Wildman–Crippen LogP) is 4.83. The van der Waals surface area contributed by atoms with Gasteiger partial charge in [-0.1, -0.05) is 54.8 Å². The SMILES string of the molecule is C=CC.CC.Cc1cc(C)cc(C)c1. The monoisotopic (exact) mass is 192 g/mol. The van der Waals surface area contributed by atoms with E-state index in [1.807, 2.05) is 20.8 Å². The van der Waals surface area contributed by atoms with Gasteiger partial charge in [0.05, 0.1) is 0 Å². The summed E-state index contributed by atoms with van der Waals surface area (Å²) in [5.41, 5.74) is 4.06. The summed E-state index contributed by atoms with van der Waals surface area (Å²) in [4.78, 5) is 0. The minimum absolute atomic E-state index is 1.35. The third kappa shape index (κ3) is 9.05. The van der Waals surface area contributed by atoms with Crippen LogP contribution in [0.3, 0.4) is 0 Å². The third-order valence-corrected chi connectivity index (χ3v) is 1.37. The first kappa shape index (κ1) is 15.4. The minimum Gasteiger partial charge on any atom is -0.103 e. The second kappa shape index (κ2) is 10.0. The van der Waals surface area contributed by atoms with E-state index in [0.717, 1.165) is 0 Å². The molecule has 0 heteroatoms. The van der Waals surface area contributed by atoms with Gasteiger partial charge in [0, 0.05) is 0 Å². The van der Waals surface area contributed by atoms with Gasteiger partial charge in [0.15, 0.2) is 0 Å². The fourth-order valence-electron chi connectivity index (χ4n) is 1.20. The second-order valence-corrected chi connectivity index (χ2v) is 3.07. The van der Waals surface area contributed by atoms with Gasteiger partial charge in [-0.25, -0.2) is 0 Å². The molecule has 0 unspecified atom stereocenters. The van der Waals surface area contributed by atoms with E-state index in [-0.39, 0.29) is 0 Å². The molecule has 0 N–H and O–H groups in total. The highest BCUT2D eigenvalue weighted by molar-refractivity contribution is 5.27. The van der Waals surface area contributed by atoms with Crippen LogP contribution in [0, 0.1) is 20.8 Å². The van der Waals surface area contributed by atoms with E-state index in [1.54, 1.807) is 6.08 Å². The van der Waals surface area contributed by atoms with Crippen molar-refractivity contribution in [3.8, 4) is 0 Å². The van der Waals surface area contributed by atoms with Gasteiger partial charge in [-0.15, -0.1) is 6.58 Å². The van der Waals surface area contributed by atoms with Crippen LogP contribution in [0.15, 0.2) is 30.9 Å². The summed E-state index contributed by atoms with van der Waals surface area (Å²) in [6, 6.07) is 6.56. The van der Waals surface area contributed by atoms with Crippen LogP contribution < -0.4 is 0 Å². The molecule has 0 heterocycles. The smallest absolute Gasteiger partial charge is 0.0398 e. The molecule has 0 aliphatic heterocycles. The molecule has 0 fully saturated rings. The number of aryl methyl sites for hydroxylation is 3. The highest BCUT2D eigenvalue weighted by Gasteiger charge is 1.87. The Kier molecular flexibility index (Phi) is 11.1. The van der Waals surface area contributed by atoms with Crippen LogP contribution in [0.2, 0.25) is 0 Å². The molecule has 0 radical (unpaired) electrons. The zero-order valence-electron chi connectivity index (χ0n) is 10.5. The van der Waals surface area contributed by atoms with E-state index >= 15 is 0 Å². The lowest BCUT2D eigenvalue weighted by Crippen LogP contribution is -1.78. The van der Waals surface area contributed by atoms with E-state index in [1.165, 1.54) is 16.7 Å². The number of benzene rings is 1. The Hall–Kier alpha value is -1.04. The van der Waals surface area contributed by atoms with Gasteiger partial charge in [0.1, 0.15) is 0 Å². The molecule has 1 aromatic rings. The minimum atomic E-state index is 1.35. The molecule has 0 amide bonds. The van der Waals surface area contributed by atoms with Gasteiger partial charge >= 0.3 is 0 Å². The predicted molar refractivity (Wildman–Crippen MR) is 67.9 cm³/mol. The number of hydrogen-bond acceptors (Lipinski definition) is 0. The van der Waals surface area contributed by atoms with Crippen LogP contribution in [-0.2, 0) is 0 Å². The second-order valence-electron chi connectivity index (χ2n) is 3.07. The Bertz CT molecular complexity index is 196. The van der Waals surface area contributed by atoms with Gasteiger partial charge in [-0.3, -0.25) is 0 Å². The van der Waals surface area contributed by atoms with Crippen molar-refractivity contribution >= 4 is 0 Å². The Balaban J connectivity index is 0. The number of allylic oxidation sites excluding steroid dienone is 1. The fraction of sp³-hybridized carbons (Fsp3) is 0.429. The van der Waals surface area contributed by atoms with Crippen LogP contribution >= 0.6 is 0 Å². The maximum Gasteiger partial charge on any atom is -0.0398 e. The fourth-order valence-corrected chi connectivity index (χ4v) is 1.20. The lowest BCUT2D eigenvalue weighted by molar-refractivity contribution is 1.32. The van der Waals surface area contributed by atoms with E-state index < -0.39 is 0 Å². The summed E-state index contributed by atoms with van der Waals surface area (Å²) < 4.78 is 0. The first-order valence-electron chi connectivity index (χ1n) is 5.22. The highest BCUT2D eigenvalue weighted by Crippen LogP contribution is 2.06. The maximum atomic E-state index is 3.36. The van der Waals surface area contributed by atoms with E-state index in [0.29, 0.717) is 0 Å². The Morgan fingerprint density at radius 2 is 1.00 bits per heavy atom. The quantitative estimate of drug-likeness (QED) is 0.516. The van der Waals surface area contributed by atoms with Crippen LogP contribution in [0.4, 0.5) is 0 Å². The zero-order chi connectivity index (χ0) is 11.6. The summed E-state index contributed by atoms with van der Waals surface area (Å²) >= 11 is 0. The number of hydrogen-bond donors (Lipinski definition) is 0. The Morgan fingerprint density at radius 1 is 0.857 bits per heavy atom. The van der Waals surface area contributed by atoms with Gasteiger partial charge in [0.2, 0.25) is 0 Å². The average Bonchev–Trinajstić information content (AvgIpc) is 2.06. The van der Waals surface area contributed by atoms with Crippen LogP contribution in [0.25, 0.3) is 0 Å². The van der Waals surface area contributed by atoms with E-state index in [9.17, 15) is 0 Å². The molecule has 0 aliphatic rings. The van der Waals surface area contributed by atoms with Crippen molar-refractivity contribution in [2.24, 2.45) is 0 Å². The largest absolute Gasteiger partial charge is 0.103 e. The molecule has 80 valence electrons. The zero-order valence-corrected chi connectivity index (χ0v) is 10.5. The molecule has 14 heavy (non-hydrogen) atoms. The van der Waals surface area contributed by atoms with Crippen molar-refractivity contribution < 1.29 is 0 Å². The summed E-state index contributed by atoms with van der Waals surface area (Å²) in [5, 5.41) is 0. The molecule has 0 nitrogen and oxygen atoms in total. The van der Waals surface area contributed by atoms with E-state index in [4.69, 9.17) is 0 Å². The maximum absolute atomic E-state index is 3.36. The van der Waals surface area contributed by atoms with Gasteiger partial charge in [-0.05, 0) is 27.7 Å². The van der Waals surface area contributed by atoms with E-state index in [2.05, 4.69) is 45.5 Å². The molecule has 0 bridgehead atoms. The molecule has 0 aromatic heterocycles. The molecule has 1 aromatic carbocycles. The van der Waals surface area contributed by atoms with Crippen LogP contribution in [0.1, 0.15) is 37.5 Å². The molecular formula is C14H24. The van der Waals surface area contributed by atoms with Crippen LogP contribution in [0.5, 0.6) is 0 Å². The Morgan fingerprint density at radius 3 is 1.14 bits per heavy atom. The van der Waals surface area contributed by atoms with Gasteiger partial charge in [0.25, 0.3) is 0 Å². The van der Waals surface area contributed by atoms with Crippen molar-refractivity contribution in [1.29, 1.82) is 0 Å². The molecule has 1 rings (SSSR count). The normalized spacial score (nSPS) is 7.57. The van der Waals surface area contributed by atoms with Gasteiger partial charge in [-0.2, -0.15) is 0 Å². The first-order valence-corrected chi connectivity index (χ1v) is 5.22. The lowest BCUT2D eigenvalue weighted by atomic mass is 10.1. The summed E-state index contributed by atoms with van der Waals surface area (Å²) in [6.07, 6.45) is 1.75. The third-order valence-electron chi connectivity index (χ3n) is 1.37. The van der Waals surface area contributed by atoms with Gasteiger partial charge < -0.3 is 0 Å². The van der Waals surface area contributed by atoms with Crippen molar-refractivity contribution in [3.63, 3.8) is 0 Å². The highest BCUT2D eigenvalue weighted by atomic mass is 13.9. The molecule has 0 spiro atoms. The summed E-state index contributed by atoms with van der Waals surface area (Å²) in [5.74, 6) is 0. The number of rotatable bonds is 0. The standard InChI is InChI=1S/C9H12.C3H6.C2H6/c1-7-4-8(2)6-9(3)5-7;1-3-2;1-2/h4-6H,1-3H3;3H,1H2,2H3;1-2H3. The van der Waals surface area contributed by atoms with Crippen molar-refractivity contribution in [2.45, 2.75) is 41.5 Å².